The van der Waals surface area contributed by atoms with Crippen molar-refractivity contribution in [3.05, 3.63) is 42.1 Å². The van der Waals surface area contributed by atoms with Crippen molar-refractivity contribution in [2.75, 3.05) is 13.7 Å². The zero-order valence-electron chi connectivity index (χ0n) is 12.3. The van der Waals surface area contributed by atoms with Crippen LogP contribution in [0.2, 0.25) is 0 Å². The van der Waals surface area contributed by atoms with Gasteiger partial charge in [-0.05, 0) is 59.0 Å². The van der Waals surface area contributed by atoms with E-state index in [9.17, 15) is 4.79 Å². The first kappa shape index (κ1) is 15.6. The number of carbonyl (C=O) groups excluding carboxylic acids is 1. The van der Waals surface area contributed by atoms with E-state index < -0.39 is 0 Å². The lowest BCUT2D eigenvalue weighted by Gasteiger charge is -2.19. The van der Waals surface area contributed by atoms with E-state index in [-0.39, 0.29) is 5.92 Å². The minimum Gasteiger partial charge on any atom is -0.385 e. The topological polar surface area (TPSA) is 42.1 Å². The quantitative estimate of drug-likeness (QED) is 0.480. The molecule has 2 aromatic rings. The van der Waals surface area contributed by atoms with Gasteiger partial charge in [-0.3, -0.25) is 4.79 Å². The van der Waals surface area contributed by atoms with Gasteiger partial charge < -0.3 is 9.72 Å². The standard InChI is InChI=1S/C17H19NO2S/c1-12(21)15(7-10-20-2)16(6-9-19)13-3-4-17-14(11-13)5-8-18-17/h3-6,8-9,11,15,18H,7,10H2,1-2H3/b16-6-. The predicted molar refractivity (Wildman–Crippen MR) is 90.6 cm³/mol. The van der Waals surface area contributed by atoms with Gasteiger partial charge in [-0.15, -0.1) is 0 Å². The largest absolute Gasteiger partial charge is 0.385 e. The fourth-order valence-electron chi connectivity index (χ4n) is 2.53. The second-order valence-electron chi connectivity index (χ2n) is 4.98. The monoisotopic (exact) mass is 301 g/mol. The first-order valence-electron chi connectivity index (χ1n) is 6.89. The van der Waals surface area contributed by atoms with E-state index in [0.717, 1.165) is 39.6 Å². The molecule has 0 radical (unpaired) electrons. The highest BCUT2D eigenvalue weighted by atomic mass is 32.1. The number of thiocarbonyl (C=S) groups is 1. The van der Waals surface area contributed by atoms with Crippen LogP contribution in [0.5, 0.6) is 0 Å². The van der Waals surface area contributed by atoms with E-state index in [1.54, 1.807) is 13.2 Å². The van der Waals surface area contributed by atoms with Crippen molar-refractivity contribution < 1.29 is 9.53 Å². The van der Waals surface area contributed by atoms with Crippen molar-refractivity contribution in [2.45, 2.75) is 13.3 Å². The van der Waals surface area contributed by atoms with Crippen LogP contribution >= 0.6 is 12.2 Å². The molecule has 0 bridgehead atoms. The van der Waals surface area contributed by atoms with Gasteiger partial charge in [0.05, 0.1) is 0 Å². The number of benzene rings is 1. The van der Waals surface area contributed by atoms with Crippen LogP contribution in [0.4, 0.5) is 0 Å². The molecule has 0 aliphatic rings. The highest BCUT2D eigenvalue weighted by molar-refractivity contribution is 7.80. The van der Waals surface area contributed by atoms with Crippen LogP contribution in [0.1, 0.15) is 18.9 Å². The van der Waals surface area contributed by atoms with Gasteiger partial charge in [-0.25, -0.2) is 0 Å². The van der Waals surface area contributed by atoms with Gasteiger partial charge in [0.1, 0.15) is 6.29 Å². The predicted octanol–water partition coefficient (Wildman–Crippen LogP) is 3.79. The number of hydrogen-bond donors (Lipinski definition) is 1. The third-order valence-corrected chi connectivity index (χ3v) is 3.90. The Kier molecular flexibility index (Phi) is 5.42. The van der Waals surface area contributed by atoms with E-state index in [1.807, 2.05) is 31.3 Å². The van der Waals surface area contributed by atoms with Crippen LogP contribution in [0, 0.1) is 5.92 Å². The van der Waals surface area contributed by atoms with Crippen LogP contribution in [0.15, 0.2) is 36.5 Å². The van der Waals surface area contributed by atoms with Gasteiger partial charge in [0.25, 0.3) is 0 Å². The molecule has 3 nitrogen and oxygen atoms in total. The lowest BCUT2D eigenvalue weighted by molar-refractivity contribution is -0.104. The van der Waals surface area contributed by atoms with E-state index in [2.05, 4.69) is 11.1 Å². The normalized spacial score (nSPS) is 13.3. The van der Waals surface area contributed by atoms with Gasteiger partial charge in [0, 0.05) is 31.3 Å². The molecule has 0 amide bonds. The first-order valence-corrected chi connectivity index (χ1v) is 7.30. The lowest BCUT2D eigenvalue weighted by atomic mass is 9.87. The highest BCUT2D eigenvalue weighted by Crippen LogP contribution is 2.29. The van der Waals surface area contributed by atoms with Gasteiger partial charge in [0.15, 0.2) is 0 Å². The van der Waals surface area contributed by atoms with Crippen molar-refractivity contribution in [1.29, 1.82) is 0 Å². The number of methoxy groups -OCH3 is 1. The number of fused-ring (bicyclic) bond motifs is 1. The molecule has 0 spiro atoms. The maximum atomic E-state index is 11.0. The second-order valence-corrected chi connectivity index (χ2v) is 5.63. The maximum Gasteiger partial charge on any atom is 0.143 e. The Morgan fingerprint density at radius 2 is 2.24 bits per heavy atom. The third-order valence-electron chi connectivity index (χ3n) is 3.61. The summed E-state index contributed by atoms with van der Waals surface area (Å²) in [6, 6.07) is 8.15. The Bertz CT molecular complexity index is 672. The zero-order valence-corrected chi connectivity index (χ0v) is 13.1. The number of carbonyl (C=O) groups is 1. The maximum absolute atomic E-state index is 11.0. The fourth-order valence-corrected chi connectivity index (χ4v) is 2.78. The minimum atomic E-state index is 0.0431. The second kappa shape index (κ2) is 7.29. The van der Waals surface area contributed by atoms with Crippen molar-refractivity contribution in [2.24, 2.45) is 5.92 Å². The number of ether oxygens (including phenoxy) is 1. The molecule has 0 fully saturated rings. The molecule has 1 aromatic carbocycles. The number of hydrogen-bond acceptors (Lipinski definition) is 3. The van der Waals surface area contributed by atoms with E-state index >= 15 is 0 Å². The number of allylic oxidation sites excluding steroid dienone is 2. The number of rotatable bonds is 7. The summed E-state index contributed by atoms with van der Waals surface area (Å²) < 4.78 is 5.16. The molecule has 1 atom stereocenters. The highest BCUT2D eigenvalue weighted by Gasteiger charge is 2.18. The Morgan fingerprint density at radius 3 is 2.90 bits per heavy atom. The van der Waals surface area contributed by atoms with Crippen molar-refractivity contribution in [1.82, 2.24) is 4.98 Å². The Balaban J connectivity index is 2.42. The summed E-state index contributed by atoms with van der Waals surface area (Å²) in [6.07, 6.45) is 5.12. The van der Waals surface area contributed by atoms with Crippen molar-refractivity contribution in [3.63, 3.8) is 0 Å². The first-order chi connectivity index (χ1) is 10.2. The van der Waals surface area contributed by atoms with Crippen molar-refractivity contribution >= 4 is 39.8 Å². The van der Waals surface area contributed by atoms with Gasteiger partial charge >= 0.3 is 0 Å². The Morgan fingerprint density at radius 1 is 1.43 bits per heavy atom. The molecule has 1 heterocycles. The average molecular weight is 301 g/mol. The molecule has 1 aromatic heterocycles. The molecule has 1 unspecified atom stereocenters. The SMILES string of the molecule is COCCC(C(C)=S)/C(=C\C=O)c1ccc2[nH]ccc2c1. The van der Waals surface area contributed by atoms with Crippen LogP contribution in [-0.2, 0) is 9.53 Å². The smallest absolute Gasteiger partial charge is 0.143 e. The van der Waals surface area contributed by atoms with E-state index in [4.69, 9.17) is 17.0 Å². The Hall–Kier alpha value is -1.78. The van der Waals surface area contributed by atoms with Crippen LogP contribution < -0.4 is 0 Å². The summed E-state index contributed by atoms with van der Waals surface area (Å²) in [5.41, 5.74) is 3.06. The molecule has 4 heteroatoms. The van der Waals surface area contributed by atoms with Gasteiger partial charge in [-0.1, -0.05) is 18.3 Å². The molecule has 0 aliphatic heterocycles. The number of nitrogens with one attached hydrogen (secondary N) is 1. The molecule has 0 saturated carbocycles. The molecular weight excluding hydrogens is 282 g/mol. The number of H-pyrrole nitrogens is 1. The molecule has 2 rings (SSSR count). The molecule has 1 N–H and O–H groups in total. The number of aldehydes is 1. The summed E-state index contributed by atoms with van der Waals surface area (Å²) in [7, 11) is 1.67. The minimum absolute atomic E-state index is 0.0431. The van der Waals surface area contributed by atoms with E-state index in [1.165, 1.54) is 0 Å². The van der Waals surface area contributed by atoms with Crippen molar-refractivity contribution in [3.8, 4) is 0 Å². The lowest BCUT2D eigenvalue weighted by Crippen LogP contribution is -2.14. The molecule has 110 valence electrons. The van der Waals surface area contributed by atoms with Crippen LogP contribution in [-0.4, -0.2) is 29.9 Å². The third kappa shape index (κ3) is 3.65. The van der Waals surface area contributed by atoms with Crippen LogP contribution in [0.3, 0.4) is 0 Å². The average Bonchev–Trinajstić information content (AvgIpc) is 2.93. The summed E-state index contributed by atoms with van der Waals surface area (Å²) in [5, 5.41) is 1.12. The summed E-state index contributed by atoms with van der Waals surface area (Å²) >= 11 is 5.38. The molecular formula is C17H19NO2S. The van der Waals surface area contributed by atoms with Gasteiger partial charge in [-0.2, -0.15) is 0 Å². The molecule has 0 saturated heterocycles. The molecule has 0 aliphatic carbocycles. The summed E-state index contributed by atoms with van der Waals surface area (Å²) in [4.78, 5) is 15.1. The fraction of sp³-hybridized carbons (Fsp3) is 0.294. The summed E-state index contributed by atoms with van der Waals surface area (Å²) in [5.74, 6) is 0.0431. The van der Waals surface area contributed by atoms with Crippen LogP contribution in [0.25, 0.3) is 16.5 Å². The Labute approximate surface area is 130 Å². The summed E-state index contributed by atoms with van der Waals surface area (Å²) in [6.45, 7) is 2.53. The van der Waals surface area contributed by atoms with E-state index in [0.29, 0.717) is 6.61 Å². The van der Waals surface area contributed by atoms with Gasteiger partial charge in [0.2, 0.25) is 0 Å². The zero-order chi connectivity index (χ0) is 15.2. The number of aromatic amines is 1. The number of aromatic nitrogens is 1. The molecule has 21 heavy (non-hydrogen) atoms.